The van der Waals surface area contributed by atoms with Gasteiger partial charge in [0.2, 0.25) is 0 Å². The van der Waals surface area contributed by atoms with Gasteiger partial charge in [-0.25, -0.2) is 4.79 Å². The van der Waals surface area contributed by atoms with Gasteiger partial charge in [-0.1, -0.05) is 6.07 Å². The molecule has 0 fully saturated rings. The maximum Gasteiger partial charge on any atom is 0.338 e. The zero-order valence-corrected chi connectivity index (χ0v) is 15.0. The molecule has 6 heteroatoms. The van der Waals surface area contributed by atoms with E-state index in [2.05, 4.69) is 23.7 Å². The standard InChI is InChI=1S/C17H20N2O2S2/c1-4-21-16(20)13-7-9-14(10-8-13)18-17(22)19(3)12(2)15-6-5-11-23-15/h5-12H,4H2,1-3H3,(H,18,22)/t12-/m1/s1. The first-order chi connectivity index (χ1) is 11.0. The highest BCUT2D eigenvalue weighted by atomic mass is 32.1. The van der Waals surface area contributed by atoms with Crippen molar-refractivity contribution in [2.45, 2.75) is 19.9 Å². The minimum absolute atomic E-state index is 0.203. The third kappa shape index (κ3) is 4.53. The second kappa shape index (κ2) is 8.08. The lowest BCUT2D eigenvalue weighted by Gasteiger charge is -2.27. The van der Waals surface area contributed by atoms with Crippen LogP contribution in [-0.2, 0) is 4.74 Å². The number of carbonyl (C=O) groups excluding carboxylic acids is 1. The number of nitrogens with one attached hydrogen (secondary N) is 1. The molecule has 0 saturated carbocycles. The number of benzene rings is 1. The zero-order valence-electron chi connectivity index (χ0n) is 13.4. The Kier molecular flexibility index (Phi) is 6.12. The van der Waals surface area contributed by atoms with Crippen LogP contribution in [0.5, 0.6) is 0 Å². The number of hydrogen-bond donors (Lipinski definition) is 1. The van der Waals surface area contributed by atoms with E-state index in [1.807, 2.05) is 30.1 Å². The van der Waals surface area contributed by atoms with Gasteiger partial charge in [-0.05, 0) is 61.8 Å². The van der Waals surface area contributed by atoms with Crippen LogP contribution in [0.15, 0.2) is 41.8 Å². The lowest BCUT2D eigenvalue weighted by Crippen LogP contribution is -2.33. The topological polar surface area (TPSA) is 41.6 Å². The Morgan fingerprint density at radius 3 is 2.61 bits per heavy atom. The van der Waals surface area contributed by atoms with E-state index in [-0.39, 0.29) is 12.0 Å². The summed E-state index contributed by atoms with van der Waals surface area (Å²) in [5, 5.41) is 5.89. The van der Waals surface area contributed by atoms with Crippen molar-refractivity contribution in [1.82, 2.24) is 4.90 Å². The van der Waals surface area contributed by atoms with Gasteiger partial charge < -0.3 is 15.0 Å². The van der Waals surface area contributed by atoms with Gasteiger partial charge in [-0.2, -0.15) is 0 Å². The Hall–Kier alpha value is -1.92. The molecule has 0 aliphatic heterocycles. The fraction of sp³-hybridized carbons (Fsp3) is 0.294. The maximum absolute atomic E-state index is 11.6. The van der Waals surface area contributed by atoms with E-state index >= 15 is 0 Å². The average Bonchev–Trinajstić information content (AvgIpc) is 3.08. The molecule has 0 spiro atoms. The minimum atomic E-state index is -0.315. The number of thiophene rings is 1. The first-order valence-corrected chi connectivity index (χ1v) is 8.66. The largest absolute Gasteiger partial charge is 0.462 e. The lowest BCUT2D eigenvalue weighted by molar-refractivity contribution is 0.0526. The number of carbonyl (C=O) groups is 1. The van der Waals surface area contributed by atoms with Crippen LogP contribution >= 0.6 is 23.6 Å². The van der Waals surface area contributed by atoms with Crippen molar-refractivity contribution in [1.29, 1.82) is 0 Å². The molecule has 1 heterocycles. The van der Waals surface area contributed by atoms with E-state index < -0.39 is 0 Å². The van der Waals surface area contributed by atoms with Crippen molar-refractivity contribution >= 4 is 40.3 Å². The molecule has 0 radical (unpaired) electrons. The van der Waals surface area contributed by atoms with Crippen LogP contribution < -0.4 is 5.32 Å². The number of rotatable bonds is 5. The summed E-state index contributed by atoms with van der Waals surface area (Å²) in [6.45, 7) is 4.27. The van der Waals surface area contributed by atoms with Gasteiger partial charge in [-0.3, -0.25) is 0 Å². The zero-order chi connectivity index (χ0) is 16.8. The lowest BCUT2D eigenvalue weighted by atomic mass is 10.2. The summed E-state index contributed by atoms with van der Waals surface area (Å²) >= 11 is 7.18. The molecule has 122 valence electrons. The second-order valence-electron chi connectivity index (χ2n) is 5.03. The quantitative estimate of drug-likeness (QED) is 0.644. The Morgan fingerprint density at radius 2 is 2.04 bits per heavy atom. The SMILES string of the molecule is CCOC(=O)c1ccc(NC(=S)N(C)[C@H](C)c2cccs2)cc1. The summed E-state index contributed by atoms with van der Waals surface area (Å²) in [7, 11) is 1.96. The smallest absolute Gasteiger partial charge is 0.338 e. The summed E-state index contributed by atoms with van der Waals surface area (Å²) in [6.07, 6.45) is 0. The molecule has 0 bridgehead atoms. The fourth-order valence-electron chi connectivity index (χ4n) is 2.01. The Bertz CT molecular complexity index is 654. The predicted octanol–water partition coefficient (Wildman–Crippen LogP) is 4.31. The number of anilines is 1. The van der Waals surface area contributed by atoms with E-state index in [4.69, 9.17) is 17.0 Å². The minimum Gasteiger partial charge on any atom is -0.462 e. The summed E-state index contributed by atoms with van der Waals surface area (Å²) in [6, 6.07) is 11.4. The van der Waals surface area contributed by atoms with E-state index in [1.54, 1.807) is 30.4 Å². The predicted molar refractivity (Wildman–Crippen MR) is 99.1 cm³/mol. The van der Waals surface area contributed by atoms with E-state index in [1.165, 1.54) is 4.88 Å². The van der Waals surface area contributed by atoms with Crippen molar-refractivity contribution in [2.24, 2.45) is 0 Å². The number of esters is 1. The van der Waals surface area contributed by atoms with Crippen molar-refractivity contribution < 1.29 is 9.53 Å². The first kappa shape index (κ1) is 17.4. The number of ether oxygens (including phenoxy) is 1. The van der Waals surface area contributed by atoms with Crippen LogP contribution in [0.1, 0.15) is 35.1 Å². The molecule has 0 saturated heterocycles. The maximum atomic E-state index is 11.6. The van der Waals surface area contributed by atoms with Gasteiger partial charge in [0, 0.05) is 17.6 Å². The highest BCUT2D eigenvalue weighted by Gasteiger charge is 2.15. The van der Waals surface area contributed by atoms with E-state index in [0.29, 0.717) is 17.3 Å². The number of nitrogens with zero attached hydrogens (tertiary/aromatic N) is 1. The van der Waals surface area contributed by atoms with Crippen molar-refractivity contribution in [3.05, 3.63) is 52.2 Å². The van der Waals surface area contributed by atoms with E-state index in [9.17, 15) is 4.79 Å². The summed E-state index contributed by atoms with van der Waals surface area (Å²) in [5.74, 6) is -0.315. The van der Waals surface area contributed by atoms with Gasteiger partial charge in [0.15, 0.2) is 5.11 Å². The number of hydrogen-bond acceptors (Lipinski definition) is 4. The van der Waals surface area contributed by atoms with Gasteiger partial charge in [-0.15, -0.1) is 11.3 Å². The average molecular weight is 348 g/mol. The number of thiocarbonyl (C=S) groups is 1. The second-order valence-corrected chi connectivity index (χ2v) is 6.40. The summed E-state index contributed by atoms with van der Waals surface area (Å²) in [5.41, 5.74) is 1.37. The molecule has 23 heavy (non-hydrogen) atoms. The van der Waals surface area contributed by atoms with Crippen LogP contribution in [0, 0.1) is 0 Å². The van der Waals surface area contributed by atoms with Crippen LogP contribution in [-0.4, -0.2) is 29.6 Å². The molecule has 0 amide bonds. The Labute approximate surface area is 146 Å². The molecule has 1 aromatic carbocycles. The fourth-order valence-corrected chi connectivity index (χ4v) is 3.11. The van der Waals surface area contributed by atoms with Crippen molar-refractivity contribution in [3.8, 4) is 0 Å². The third-order valence-electron chi connectivity index (χ3n) is 3.50. The van der Waals surface area contributed by atoms with Crippen LogP contribution in [0.4, 0.5) is 5.69 Å². The Balaban J connectivity index is 1.98. The van der Waals surface area contributed by atoms with Gasteiger partial charge in [0.25, 0.3) is 0 Å². The molecular formula is C17H20N2O2S2. The first-order valence-electron chi connectivity index (χ1n) is 7.37. The van der Waals surface area contributed by atoms with Gasteiger partial charge in [0.1, 0.15) is 0 Å². The monoisotopic (exact) mass is 348 g/mol. The molecule has 4 nitrogen and oxygen atoms in total. The molecule has 2 rings (SSSR count). The Morgan fingerprint density at radius 1 is 1.35 bits per heavy atom. The van der Waals surface area contributed by atoms with Crippen molar-refractivity contribution in [3.63, 3.8) is 0 Å². The van der Waals surface area contributed by atoms with Crippen LogP contribution in [0.2, 0.25) is 0 Å². The molecule has 1 atom stereocenters. The van der Waals surface area contributed by atoms with Crippen molar-refractivity contribution in [2.75, 3.05) is 19.0 Å². The molecule has 0 unspecified atom stereocenters. The molecule has 1 aromatic heterocycles. The molecule has 1 N–H and O–H groups in total. The van der Waals surface area contributed by atoms with Crippen LogP contribution in [0.3, 0.4) is 0 Å². The third-order valence-corrected chi connectivity index (χ3v) is 4.94. The molecule has 2 aromatic rings. The summed E-state index contributed by atoms with van der Waals surface area (Å²) < 4.78 is 4.97. The van der Waals surface area contributed by atoms with Gasteiger partial charge >= 0.3 is 5.97 Å². The molecular weight excluding hydrogens is 328 g/mol. The van der Waals surface area contributed by atoms with E-state index in [0.717, 1.165) is 5.69 Å². The highest BCUT2D eigenvalue weighted by Crippen LogP contribution is 2.24. The molecule has 0 aliphatic carbocycles. The van der Waals surface area contributed by atoms with Crippen LogP contribution in [0.25, 0.3) is 0 Å². The normalized spacial score (nSPS) is 11.6. The highest BCUT2D eigenvalue weighted by molar-refractivity contribution is 7.80. The van der Waals surface area contributed by atoms with Gasteiger partial charge in [0.05, 0.1) is 18.2 Å². The summed E-state index contributed by atoms with van der Waals surface area (Å²) in [4.78, 5) is 14.9. The molecule has 0 aliphatic rings.